The molecule has 1 rings (SSSR count). The number of carbonyl (C=O) groups excluding carboxylic acids is 1. The van der Waals surface area contributed by atoms with Crippen molar-refractivity contribution in [1.29, 1.82) is 0 Å². The molecule has 86 valence electrons. The summed E-state index contributed by atoms with van der Waals surface area (Å²) in [6.45, 7) is -0.00854. The molecule has 0 amide bonds. The molecule has 0 fully saturated rings. The van der Waals surface area contributed by atoms with Gasteiger partial charge in [0.1, 0.15) is 12.0 Å². The van der Waals surface area contributed by atoms with Crippen molar-refractivity contribution in [2.75, 3.05) is 13.7 Å². The highest BCUT2D eigenvalue weighted by atomic mass is 16.5. The number of ether oxygens (including phenoxy) is 1. The topological polar surface area (TPSA) is 46.5 Å². The van der Waals surface area contributed by atoms with Crippen LogP contribution in [0.3, 0.4) is 0 Å². The largest absolute Gasteiger partial charge is 0.497 e. The van der Waals surface area contributed by atoms with E-state index in [-0.39, 0.29) is 12.5 Å². The molecule has 1 aromatic rings. The second-order valence-corrected chi connectivity index (χ2v) is 3.48. The van der Waals surface area contributed by atoms with Crippen LogP contribution >= 0.6 is 0 Å². The predicted molar refractivity (Wildman–Crippen MR) is 63.3 cm³/mol. The van der Waals surface area contributed by atoms with Gasteiger partial charge in [-0.2, -0.15) is 0 Å². The van der Waals surface area contributed by atoms with Gasteiger partial charge < -0.3 is 14.6 Å². The van der Waals surface area contributed by atoms with Crippen molar-refractivity contribution in [1.82, 2.24) is 0 Å². The van der Waals surface area contributed by atoms with Gasteiger partial charge in [0.25, 0.3) is 0 Å². The molecular weight excluding hydrogens is 204 g/mol. The highest BCUT2D eigenvalue weighted by Gasteiger charge is 2.00. The monoisotopic (exact) mass is 220 g/mol. The fourth-order valence-corrected chi connectivity index (χ4v) is 1.30. The lowest BCUT2D eigenvalue weighted by Gasteiger charge is -2.04. The molecule has 1 unspecified atom stereocenters. The van der Waals surface area contributed by atoms with Crippen LogP contribution in [0.25, 0.3) is 6.08 Å². The summed E-state index contributed by atoms with van der Waals surface area (Å²) in [7, 11) is 1.62. The van der Waals surface area contributed by atoms with Gasteiger partial charge in [-0.15, -0.1) is 0 Å². The summed E-state index contributed by atoms with van der Waals surface area (Å²) >= 11 is 0. The van der Waals surface area contributed by atoms with Crippen molar-refractivity contribution < 1.29 is 14.6 Å². The number of hydrogen-bond donors (Lipinski definition) is 1. The van der Waals surface area contributed by atoms with Gasteiger partial charge in [-0.1, -0.05) is 24.3 Å². The Bertz CT molecular complexity index is 341. The van der Waals surface area contributed by atoms with Crippen LogP contribution in [0.2, 0.25) is 0 Å². The van der Waals surface area contributed by atoms with Crippen molar-refractivity contribution in [3.8, 4) is 5.75 Å². The minimum Gasteiger partial charge on any atom is -0.497 e. The van der Waals surface area contributed by atoms with E-state index in [0.717, 1.165) is 17.6 Å². The lowest BCUT2D eigenvalue weighted by molar-refractivity contribution is -0.108. The van der Waals surface area contributed by atoms with Gasteiger partial charge in [-0.25, -0.2) is 0 Å². The van der Waals surface area contributed by atoms with E-state index >= 15 is 0 Å². The van der Waals surface area contributed by atoms with Crippen LogP contribution in [-0.2, 0) is 4.79 Å². The van der Waals surface area contributed by atoms with Crippen LogP contribution < -0.4 is 4.74 Å². The highest BCUT2D eigenvalue weighted by molar-refractivity contribution is 5.54. The van der Waals surface area contributed by atoms with Crippen molar-refractivity contribution in [3.05, 3.63) is 35.9 Å². The molecule has 0 saturated heterocycles. The van der Waals surface area contributed by atoms with Gasteiger partial charge in [-0.05, 0) is 17.7 Å². The van der Waals surface area contributed by atoms with Crippen LogP contribution in [0, 0.1) is 5.92 Å². The minimum atomic E-state index is -0.0976. The number of aldehydes is 1. The summed E-state index contributed by atoms with van der Waals surface area (Å²) in [5.74, 6) is 0.711. The van der Waals surface area contributed by atoms with E-state index in [2.05, 4.69) is 0 Å². The lowest BCUT2D eigenvalue weighted by atomic mass is 10.1. The van der Waals surface area contributed by atoms with Crippen molar-refractivity contribution >= 4 is 12.4 Å². The molecule has 0 spiro atoms. The first-order chi connectivity index (χ1) is 7.80. The summed E-state index contributed by atoms with van der Waals surface area (Å²) in [4.78, 5) is 10.3. The molecule has 0 heterocycles. The predicted octanol–water partition coefficient (Wildman–Crippen LogP) is 1.91. The van der Waals surface area contributed by atoms with E-state index in [4.69, 9.17) is 9.84 Å². The van der Waals surface area contributed by atoms with Gasteiger partial charge in [-0.3, -0.25) is 0 Å². The first kappa shape index (κ1) is 12.5. The SMILES string of the molecule is COc1ccc(/C=C/C(CO)CC=O)cc1. The van der Waals surface area contributed by atoms with Gasteiger partial charge >= 0.3 is 0 Å². The number of aliphatic hydroxyl groups is 1. The normalized spacial score (nSPS) is 12.6. The minimum absolute atomic E-state index is 0.00854. The highest BCUT2D eigenvalue weighted by Crippen LogP contribution is 2.13. The van der Waals surface area contributed by atoms with Crippen molar-refractivity contribution in [2.24, 2.45) is 5.92 Å². The summed E-state index contributed by atoms with van der Waals surface area (Å²) in [6, 6.07) is 7.58. The average molecular weight is 220 g/mol. The summed E-state index contributed by atoms with van der Waals surface area (Å²) in [6.07, 6.45) is 4.91. The Labute approximate surface area is 95.4 Å². The van der Waals surface area contributed by atoms with Gasteiger partial charge in [0.05, 0.1) is 7.11 Å². The summed E-state index contributed by atoms with van der Waals surface area (Å²) in [5, 5.41) is 8.99. The van der Waals surface area contributed by atoms with E-state index in [1.807, 2.05) is 36.4 Å². The average Bonchev–Trinajstić information content (AvgIpc) is 2.35. The van der Waals surface area contributed by atoms with Crippen LogP contribution in [0.1, 0.15) is 12.0 Å². The molecule has 0 radical (unpaired) electrons. The fourth-order valence-electron chi connectivity index (χ4n) is 1.30. The zero-order chi connectivity index (χ0) is 11.8. The molecule has 16 heavy (non-hydrogen) atoms. The molecule has 1 aromatic carbocycles. The Hall–Kier alpha value is -1.61. The maximum Gasteiger partial charge on any atom is 0.120 e. The molecule has 0 aliphatic rings. The van der Waals surface area contributed by atoms with E-state index in [1.165, 1.54) is 0 Å². The Morgan fingerprint density at radius 1 is 1.38 bits per heavy atom. The number of hydrogen-bond acceptors (Lipinski definition) is 3. The molecule has 1 atom stereocenters. The Kier molecular flexibility index (Phi) is 5.29. The van der Waals surface area contributed by atoms with E-state index in [0.29, 0.717) is 6.42 Å². The van der Waals surface area contributed by atoms with E-state index < -0.39 is 0 Å². The van der Waals surface area contributed by atoms with Gasteiger partial charge in [0.15, 0.2) is 0 Å². The number of benzene rings is 1. The van der Waals surface area contributed by atoms with E-state index in [1.54, 1.807) is 7.11 Å². The van der Waals surface area contributed by atoms with E-state index in [9.17, 15) is 4.79 Å². The molecule has 0 bridgehead atoms. The molecule has 3 heteroatoms. The first-order valence-electron chi connectivity index (χ1n) is 5.17. The lowest BCUT2D eigenvalue weighted by Crippen LogP contribution is -2.02. The first-order valence-corrected chi connectivity index (χ1v) is 5.17. The Morgan fingerprint density at radius 2 is 2.06 bits per heavy atom. The second kappa shape index (κ2) is 6.80. The maximum atomic E-state index is 10.3. The number of methoxy groups -OCH3 is 1. The fraction of sp³-hybridized carbons (Fsp3) is 0.308. The smallest absolute Gasteiger partial charge is 0.120 e. The zero-order valence-corrected chi connectivity index (χ0v) is 9.30. The summed E-state index contributed by atoms with van der Waals surface area (Å²) in [5.41, 5.74) is 1.02. The van der Waals surface area contributed by atoms with Gasteiger partial charge in [0, 0.05) is 18.9 Å². The van der Waals surface area contributed by atoms with Crippen LogP contribution in [-0.4, -0.2) is 25.1 Å². The molecule has 3 nitrogen and oxygen atoms in total. The standard InChI is InChI=1S/C13H16O3/c1-16-13-6-4-11(5-7-13)2-3-12(10-15)8-9-14/h2-7,9,12,15H,8,10H2,1H3/b3-2+. The van der Waals surface area contributed by atoms with Crippen molar-refractivity contribution in [2.45, 2.75) is 6.42 Å². The second-order valence-electron chi connectivity index (χ2n) is 3.48. The van der Waals surface area contributed by atoms with Crippen LogP contribution in [0.15, 0.2) is 30.3 Å². The number of carbonyl (C=O) groups is 1. The van der Waals surface area contributed by atoms with Crippen molar-refractivity contribution in [3.63, 3.8) is 0 Å². The Balaban J connectivity index is 2.63. The zero-order valence-electron chi connectivity index (χ0n) is 9.30. The molecule has 1 N–H and O–H groups in total. The van der Waals surface area contributed by atoms with Gasteiger partial charge in [0.2, 0.25) is 0 Å². The molecule has 0 aromatic heterocycles. The molecule has 0 aliphatic carbocycles. The van der Waals surface area contributed by atoms with Crippen LogP contribution in [0.4, 0.5) is 0 Å². The summed E-state index contributed by atoms with van der Waals surface area (Å²) < 4.78 is 5.04. The third-order valence-electron chi connectivity index (χ3n) is 2.31. The molecular formula is C13H16O3. The Morgan fingerprint density at radius 3 is 2.56 bits per heavy atom. The quantitative estimate of drug-likeness (QED) is 0.745. The number of aliphatic hydroxyl groups excluding tert-OH is 1. The van der Waals surface area contributed by atoms with Crippen LogP contribution in [0.5, 0.6) is 5.75 Å². The molecule has 0 saturated carbocycles. The third-order valence-corrected chi connectivity index (χ3v) is 2.31. The molecule has 0 aliphatic heterocycles. The maximum absolute atomic E-state index is 10.3. The number of rotatable bonds is 6. The third kappa shape index (κ3) is 3.87.